The Kier molecular flexibility index (Phi) is 5.13. The van der Waals surface area contributed by atoms with E-state index < -0.39 is 0 Å². The van der Waals surface area contributed by atoms with Crippen LogP contribution in [0.4, 0.5) is 5.69 Å². The minimum absolute atomic E-state index is 0.121. The number of halogens is 1. The van der Waals surface area contributed by atoms with Crippen LogP contribution in [0.2, 0.25) is 5.02 Å². The first-order chi connectivity index (χ1) is 13.1. The molecule has 1 N–H and O–H groups in total. The highest BCUT2D eigenvalue weighted by atomic mass is 35.5. The third kappa shape index (κ3) is 3.99. The molecule has 8 heteroatoms. The van der Waals surface area contributed by atoms with Crippen molar-refractivity contribution in [3.63, 3.8) is 0 Å². The molecule has 6 nitrogen and oxygen atoms in total. The Morgan fingerprint density at radius 3 is 2.67 bits per heavy atom. The maximum atomic E-state index is 12.6. The molecule has 1 aliphatic carbocycles. The molecule has 1 saturated carbocycles. The topological polar surface area (TPSA) is 72.7 Å². The molecule has 0 saturated heterocycles. The van der Waals surface area contributed by atoms with E-state index in [4.69, 9.17) is 11.6 Å². The average molecular weight is 400 g/mol. The smallest absolute Gasteiger partial charge is 0.237 e. The van der Waals surface area contributed by atoms with E-state index >= 15 is 0 Å². The number of thioether (sulfide) groups is 1. The van der Waals surface area contributed by atoms with Gasteiger partial charge in [-0.3, -0.25) is 14.3 Å². The monoisotopic (exact) mass is 399 g/mol. The third-order valence-corrected chi connectivity index (χ3v) is 5.68. The molecule has 0 unspecified atom stereocenters. The molecule has 3 aromatic rings. The molecular formula is C19H18ClN5OS. The van der Waals surface area contributed by atoms with Gasteiger partial charge in [-0.05, 0) is 44.0 Å². The van der Waals surface area contributed by atoms with E-state index in [1.54, 1.807) is 24.5 Å². The van der Waals surface area contributed by atoms with Crippen molar-refractivity contribution in [1.29, 1.82) is 0 Å². The largest absolute Gasteiger partial charge is 0.324 e. The number of nitrogens with zero attached hydrogens (tertiary/aromatic N) is 4. The first-order valence-corrected chi connectivity index (χ1v) is 9.96. The van der Waals surface area contributed by atoms with Gasteiger partial charge >= 0.3 is 0 Å². The summed E-state index contributed by atoms with van der Waals surface area (Å²) < 4.78 is 2.14. The molecule has 0 radical (unpaired) electrons. The standard InChI is InChI=1S/C19H18ClN5OS/c1-12(18(26)22-16-5-3-2-4-15(16)20)27-19-24-23-17(25(19)14-6-7-14)13-8-10-21-11-9-13/h2-5,8-12,14H,6-7H2,1H3,(H,22,26)/t12-/m1/s1. The van der Waals surface area contributed by atoms with Crippen molar-refractivity contribution in [2.45, 2.75) is 36.2 Å². The zero-order valence-electron chi connectivity index (χ0n) is 14.7. The lowest BCUT2D eigenvalue weighted by molar-refractivity contribution is -0.115. The SMILES string of the molecule is C[C@@H](Sc1nnc(-c2ccncc2)n1C1CC1)C(=O)Nc1ccccc1Cl. The summed E-state index contributed by atoms with van der Waals surface area (Å²) in [4.78, 5) is 16.6. The van der Waals surface area contributed by atoms with Gasteiger partial charge in [-0.25, -0.2) is 0 Å². The van der Waals surface area contributed by atoms with Crippen molar-refractivity contribution in [2.24, 2.45) is 0 Å². The normalized spacial score (nSPS) is 14.7. The second-order valence-corrected chi connectivity index (χ2v) is 8.09. The fourth-order valence-corrected chi connectivity index (χ4v) is 3.83. The molecule has 1 aromatic carbocycles. The van der Waals surface area contributed by atoms with Crippen LogP contribution in [0.25, 0.3) is 11.4 Å². The van der Waals surface area contributed by atoms with E-state index in [0.29, 0.717) is 16.8 Å². The van der Waals surface area contributed by atoms with Crippen LogP contribution in [0.1, 0.15) is 25.8 Å². The summed E-state index contributed by atoms with van der Waals surface area (Å²) in [6.45, 7) is 1.86. The first kappa shape index (κ1) is 18.0. The lowest BCUT2D eigenvalue weighted by Gasteiger charge is -2.14. The number of benzene rings is 1. The van der Waals surface area contributed by atoms with Gasteiger partial charge in [-0.15, -0.1) is 10.2 Å². The number of hydrogen-bond donors (Lipinski definition) is 1. The lowest BCUT2D eigenvalue weighted by Crippen LogP contribution is -2.23. The van der Waals surface area contributed by atoms with Crippen LogP contribution in [-0.2, 0) is 4.79 Å². The van der Waals surface area contributed by atoms with Gasteiger partial charge in [0.05, 0.1) is 16.0 Å². The highest BCUT2D eigenvalue weighted by molar-refractivity contribution is 8.00. The number of anilines is 1. The second-order valence-electron chi connectivity index (χ2n) is 6.37. The van der Waals surface area contributed by atoms with E-state index in [-0.39, 0.29) is 11.2 Å². The lowest BCUT2D eigenvalue weighted by atomic mass is 10.2. The Morgan fingerprint density at radius 1 is 1.22 bits per heavy atom. The van der Waals surface area contributed by atoms with Crippen molar-refractivity contribution in [1.82, 2.24) is 19.7 Å². The number of para-hydroxylation sites is 1. The Balaban J connectivity index is 1.53. The molecule has 2 aromatic heterocycles. The quantitative estimate of drug-likeness (QED) is 0.620. The zero-order valence-corrected chi connectivity index (χ0v) is 16.2. The van der Waals surface area contributed by atoms with Gasteiger partial charge in [-0.2, -0.15) is 0 Å². The molecule has 0 bridgehead atoms. The Hall–Kier alpha value is -2.38. The van der Waals surface area contributed by atoms with E-state index in [0.717, 1.165) is 29.4 Å². The van der Waals surface area contributed by atoms with Gasteiger partial charge in [0.25, 0.3) is 0 Å². The Labute approximate surface area is 166 Å². The molecule has 1 aliphatic rings. The summed E-state index contributed by atoms with van der Waals surface area (Å²) in [6, 6.07) is 11.4. The molecule has 138 valence electrons. The molecule has 1 fully saturated rings. The highest BCUT2D eigenvalue weighted by Crippen LogP contribution is 2.41. The predicted octanol–water partition coefficient (Wildman–Crippen LogP) is 4.45. The van der Waals surface area contributed by atoms with Gasteiger partial charge < -0.3 is 5.32 Å². The Morgan fingerprint density at radius 2 is 1.96 bits per heavy atom. The summed E-state index contributed by atoms with van der Waals surface area (Å²) >= 11 is 7.53. The summed E-state index contributed by atoms with van der Waals surface area (Å²) in [7, 11) is 0. The van der Waals surface area contributed by atoms with Crippen molar-refractivity contribution in [3.05, 3.63) is 53.8 Å². The molecule has 4 rings (SSSR count). The van der Waals surface area contributed by atoms with Gasteiger partial charge in [0, 0.05) is 24.0 Å². The Bertz CT molecular complexity index is 958. The second kappa shape index (κ2) is 7.70. The third-order valence-electron chi connectivity index (χ3n) is 4.30. The predicted molar refractivity (Wildman–Crippen MR) is 107 cm³/mol. The zero-order chi connectivity index (χ0) is 18.8. The van der Waals surface area contributed by atoms with Crippen LogP contribution >= 0.6 is 23.4 Å². The number of carbonyl (C=O) groups excluding carboxylic acids is 1. The summed E-state index contributed by atoms with van der Waals surface area (Å²) in [6.07, 6.45) is 5.69. The fourth-order valence-electron chi connectivity index (χ4n) is 2.73. The molecule has 27 heavy (non-hydrogen) atoms. The van der Waals surface area contributed by atoms with Crippen LogP contribution in [-0.4, -0.2) is 30.9 Å². The van der Waals surface area contributed by atoms with Crippen LogP contribution in [0.3, 0.4) is 0 Å². The van der Waals surface area contributed by atoms with Gasteiger partial charge in [0.15, 0.2) is 11.0 Å². The fraction of sp³-hybridized carbons (Fsp3) is 0.263. The van der Waals surface area contributed by atoms with Crippen LogP contribution in [0, 0.1) is 0 Å². The number of hydrogen-bond acceptors (Lipinski definition) is 5. The summed E-state index contributed by atoms with van der Waals surface area (Å²) in [5.74, 6) is 0.699. The number of aromatic nitrogens is 4. The van der Waals surface area contributed by atoms with Gasteiger partial charge in [0.1, 0.15) is 0 Å². The maximum Gasteiger partial charge on any atom is 0.237 e. The molecule has 0 aliphatic heterocycles. The maximum absolute atomic E-state index is 12.6. The number of amides is 1. The van der Waals surface area contributed by atoms with Crippen LogP contribution in [0.5, 0.6) is 0 Å². The molecule has 2 heterocycles. The van der Waals surface area contributed by atoms with Crippen molar-refractivity contribution in [2.75, 3.05) is 5.32 Å². The molecule has 1 amide bonds. The number of carbonyl (C=O) groups is 1. The number of pyridine rings is 1. The van der Waals surface area contributed by atoms with Gasteiger partial charge in [-0.1, -0.05) is 35.5 Å². The van der Waals surface area contributed by atoms with Crippen molar-refractivity contribution >= 4 is 35.0 Å². The van der Waals surface area contributed by atoms with E-state index in [9.17, 15) is 4.79 Å². The van der Waals surface area contributed by atoms with Gasteiger partial charge in [0.2, 0.25) is 5.91 Å². The first-order valence-electron chi connectivity index (χ1n) is 8.71. The van der Waals surface area contributed by atoms with E-state index in [1.807, 2.05) is 31.2 Å². The number of rotatable bonds is 6. The molecule has 1 atom stereocenters. The average Bonchev–Trinajstić information content (AvgIpc) is 3.44. The van der Waals surface area contributed by atoms with E-state index in [2.05, 4.69) is 25.1 Å². The summed E-state index contributed by atoms with van der Waals surface area (Å²) in [5.41, 5.74) is 1.59. The summed E-state index contributed by atoms with van der Waals surface area (Å²) in [5, 5.41) is 12.5. The molecule has 0 spiro atoms. The highest BCUT2D eigenvalue weighted by Gasteiger charge is 2.31. The number of nitrogens with one attached hydrogen (secondary N) is 1. The van der Waals surface area contributed by atoms with Crippen LogP contribution < -0.4 is 5.32 Å². The van der Waals surface area contributed by atoms with Crippen molar-refractivity contribution in [3.8, 4) is 11.4 Å². The van der Waals surface area contributed by atoms with Crippen LogP contribution in [0.15, 0.2) is 53.9 Å². The molecular weight excluding hydrogens is 382 g/mol. The van der Waals surface area contributed by atoms with Crippen molar-refractivity contribution < 1.29 is 4.79 Å². The minimum Gasteiger partial charge on any atom is -0.324 e. The van der Waals surface area contributed by atoms with E-state index in [1.165, 1.54) is 11.8 Å². The minimum atomic E-state index is -0.340.